The Morgan fingerprint density at radius 1 is 1.17 bits per heavy atom. The lowest BCUT2D eigenvalue weighted by atomic mass is 9.96. The van der Waals surface area contributed by atoms with Crippen LogP contribution in [-0.2, 0) is 6.54 Å². The summed E-state index contributed by atoms with van der Waals surface area (Å²) in [5.41, 5.74) is 3.06. The maximum atomic E-state index is 13.4. The number of rotatable bonds is 5. The topological polar surface area (TPSA) is 72.4 Å². The molecular formula is C22H26N4O3. The van der Waals surface area contributed by atoms with E-state index in [0.29, 0.717) is 35.3 Å². The highest BCUT2D eigenvalue weighted by Gasteiger charge is 2.34. The van der Waals surface area contributed by atoms with E-state index < -0.39 is 0 Å². The van der Waals surface area contributed by atoms with E-state index in [0.717, 1.165) is 12.1 Å². The van der Waals surface area contributed by atoms with Crippen molar-refractivity contribution in [3.8, 4) is 22.8 Å². The van der Waals surface area contributed by atoms with Crippen LogP contribution in [0.2, 0.25) is 0 Å². The van der Waals surface area contributed by atoms with Gasteiger partial charge in [-0.05, 0) is 42.3 Å². The molecule has 0 aliphatic carbocycles. The standard InChI is InChI=1S/C22H26N4O3/c1-14(2)21-19-6-5-9-25(19)10-11-26(21)22(27)18-13-17(23-24-18)16-12-15(28-3)7-8-20(16)29-4/h5-9,12-14,21H,10-11H2,1-4H3,(H,23,24). The van der Waals surface area contributed by atoms with E-state index in [1.807, 2.05) is 29.2 Å². The maximum absolute atomic E-state index is 13.4. The highest BCUT2D eigenvalue weighted by atomic mass is 16.5. The molecule has 0 saturated carbocycles. The Hall–Kier alpha value is -3.22. The van der Waals surface area contributed by atoms with Crippen LogP contribution in [0.4, 0.5) is 0 Å². The molecule has 1 N–H and O–H groups in total. The van der Waals surface area contributed by atoms with Gasteiger partial charge in [-0.1, -0.05) is 13.8 Å². The Kier molecular flexibility index (Phi) is 5.05. The summed E-state index contributed by atoms with van der Waals surface area (Å²) in [5.74, 6) is 1.63. The third kappa shape index (κ3) is 3.37. The molecule has 1 unspecified atom stereocenters. The number of methoxy groups -OCH3 is 2. The minimum absolute atomic E-state index is 0.0318. The van der Waals surface area contributed by atoms with Crippen LogP contribution < -0.4 is 9.47 Å². The molecule has 1 atom stereocenters. The lowest BCUT2D eigenvalue weighted by Crippen LogP contribution is -2.44. The van der Waals surface area contributed by atoms with Crippen LogP contribution >= 0.6 is 0 Å². The van der Waals surface area contributed by atoms with Gasteiger partial charge in [0, 0.05) is 30.5 Å². The average Bonchev–Trinajstić information content (AvgIpc) is 3.41. The number of nitrogens with one attached hydrogen (secondary N) is 1. The second kappa shape index (κ2) is 7.66. The quantitative estimate of drug-likeness (QED) is 0.715. The smallest absolute Gasteiger partial charge is 0.272 e. The van der Waals surface area contributed by atoms with Crippen LogP contribution in [0.25, 0.3) is 11.3 Å². The van der Waals surface area contributed by atoms with Crippen LogP contribution in [0.5, 0.6) is 11.5 Å². The molecule has 2 aromatic heterocycles. The fraction of sp³-hybridized carbons (Fsp3) is 0.364. The largest absolute Gasteiger partial charge is 0.497 e. The third-order valence-electron chi connectivity index (χ3n) is 5.47. The van der Waals surface area contributed by atoms with Crippen molar-refractivity contribution in [3.05, 3.63) is 54.0 Å². The van der Waals surface area contributed by atoms with Crippen LogP contribution in [-0.4, -0.2) is 46.3 Å². The van der Waals surface area contributed by atoms with Crippen molar-refractivity contribution in [1.82, 2.24) is 19.7 Å². The Morgan fingerprint density at radius 2 is 2.00 bits per heavy atom. The van der Waals surface area contributed by atoms with Crippen LogP contribution in [0, 0.1) is 5.92 Å². The molecule has 1 amide bonds. The predicted octanol–water partition coefficient (Wildman–Crippen LogP) is 3.75. The lowest BCUT2D eigenvalue weighted by molar-refractivity contribution is 0.0550. The zero-order chi connectivity index (χ0) is 20.5. The zero-order valence-corrected chi connectivity index (χ0v) is 17.2. The van der Waals surface area contributed by atoms with E-state index >= 15 is 0 Å². The van der Waals surface area contributed by atoms with Gasteiger partial charge in [0.25, 0.3) is 5.91 Å². The molecule has 29 heavy (non-hydrogen) atoms. The van der Waals surface area contributed by atoms with Crippen molar-refractivity contribution in [3.63, 3.8) is 0 Å². The number of aromatic amines is 1. The number of amides is 1. The molecule has 7 heteroatoms. The molecule has 0 radical (unpaired) electrons. The van der Waals surface area contributed by atoms with Crippen molar-refractivity contribution >= 4 is 5.91 Å². The number of fused-ring (bicyclic) bond motifs is 1. The summed E-state index contributed by atoms with van der Waals surface area (Å²) in [5, 5.41) is 7.30. The Balaban J connectivity index is 1.66. The number of hydrogen-bond acceptors (Lipinski definition) is 4. The summed E-state index contributed by atoms with van der Waals surface area (Å²) in [6.45, 7) is 5.75. The maximum Gasteiger partial charge on any atom is 0.272 e. The van der Waals surface area contributed by atoms with Gasteiger partial charge in [-0.25, -0.2) is 0 Å². The Labute approximate surface area is 170 Å². The van der Waals surface area contributed by atoms with Crippen LogP contribution in [0.1, 0.15) is 36.1 Å². The molecule has 3 heterocycles. The van der Waals surface area contributed by atoms with Gasteiger partial charge in [0.2, 0.25) is 0 Å². The first kappa shape index (κ1) is 19.1. The molecule has 0 bridgehead atoms. The molecule has 1 aromatic carbocycles. The van der Waals surface area contributed by atoms with E-state index in [1.165, 1.54) is 5.69 Å². The highest BCUT2D eigenvalue weighted by molar-refractivity contribution is 5.94. The molecule has 3 aromatic rings. The minimum Gasteiger partial charge on any atom is -0.497 e. The van der Waals surface area contributed by atoms with Gasteiger partial charge in [0.15, 0.2) is 0 Å². The molecule has 0 fully saturated rings. The van der Waals surface area contributed by atoms with Crippen molar-refractivity contribution in [2.24, 2.45) is 5.92 Å². The van der Waals surface area contributed by atoms with Gasteiger partial charge in [0.05, 0.1) is 26.0 Å². The van der Waals surface area contributed by atoms with E-state index in [1.54, 1.807) is 20.3 Å². The normalized spacial score (nSPS) is 16.0. The van der Waals surface area contributed by atoms with Crippen molar-refractivity contribution in [2.75, 3.05) is 20.8 Å². The van der Waals surface area contributed by atoms with Crippen LogP contribution in [0.3, 0.4) is 0 Å². The van der Waals surface area contributed by atoms with Gasteiger partial charge >= 0.3 is 0 Å². The summed E-state index contributed by atoms with van der Waals surface area (Å²) in [6, 6.07) is 11.5. The van der Waals surface area contributed by atoms with Gasteiger partial charge < -0.3 is 18.9 Å². The number of carbonyl (C=O) groups excluding carboxylic acids is 1. The van der Waals surface area contributed by atoms with Crippen molar-refractivity contribution in [2.45, 2.75) is 26.4 Å². The van der Waals surface area contributed by atoms with Crippen molar-refractivity contribution in [1.29, 1.82) is 0 Å². The summed E-state index contributed by atoms with van der Waals surface area (Å²) < 4.78 is 13.0. The Bertz CT molecular complexity index is 1020. The first-order valence-corrected chi connectivity index (χ1v) is 9.77. The number of carbonyl (C=O) groups is 1. The molecule has 1 aliphatic rings. The number of nitrogens with zero attached hydrogens (tertiary/aromatic N) is 3. The Morgan fingerprint density at radius 3 is 2.72 bits per heavy atom. The lowest BCUT2D eigenvalue weighted by Gasteiger charge is -2.39. The molecule has 0 saturated heterocycles. The number of benzene rings is 1. The molecule has 1 aliphatic heterocycles. The number of aromatic nitrogens is 3. The fourth-order valence-electron chi connectivity index (χ4n) is 4.08. The second-order valence-corrected chi connectivity index (χ2v) is 7.55. The number of ether oxygens (including phenoxy) is 2. The molecule has 152 valence electrons. The fourth-order valence-corrected chi connectivity index (χ4v) is 4.08. The first-order valence-electron chi connectivity index (χ1n) is 9.77. The summed E-state index contributed by atoms with van der Waals surface area (Å²) in [4.78, 5) is 15.3. The molecule has 0 spiro atoms. The monoisotopic (exact) mass is 394 g/mol. The van der Waals surface area contributed by atoms with E-state index in [4.69, 9.17) is 9.47 Å². The average molecular weight is 394 g/mol. The molecule has 4 rings (SSSR count). The number of H-pyrrole nitrogens is 1. The highest BCUT2D eigenvalue weighted by Crippen LogP contribution is 2.35. The third-order valence-corrected chi connectivity index (χ3v) is 5.47. The van der Waals surface area contributed by atoms with Gasteiger partial charge in [0.1, 0.15) is 17.2 Å². The molecular weight excluding hydrogens is 368 g/mol. The van der Waals surface area contributed by atoms with E-state index in [2.05, 4.69) is 40.9 Å². The summed E-state index contributed by atoms with van der Waals surface area (Å²) >= 11 is 0. The number of hydrogen-bond donors (Lipinski definition) is 1. The SMILES string of the molecule is COc1ccc(OC)c(-c2cc(C(=O)N3CCn4cccc4C3C(C)C)[nH]n2)c1. The summed E-state index contributed by atoms with van der Waals surface area (Å²) in [6.07, 6.45) is 2.08. The van der Waals surface area contributed by atoms with Gasteiger partial charge in [-0.15, -0.1) is 0 Å². The van der Waals surface area contributed by atoms with Crippen LogP contribution in [0.15, 0.2) is 42.6 Å². The zero-order valence-electron chi connectivity index (χ0n) is 17.2. The summed E-state index contributed by atoms with van der Waals surface area (Å²) in [7, 11) is 3.23. The molecule has 7 nitrogen and oxygen atoms in total. The van der Waals surface area contributed by atoms with E-state index in [9.17, 15) is 4.79 Å². The first-order chi connectivity index (χ1) is 14.0. The predicted molar refractivity (Wildman–Crippen MR) is 110 cm³/mol. The van der Waals surface area contributed by atoms with Crippen molar-refractivity contribution < 1.29 is 14.3 Å². The second-order valence-electron chi connectivity index (χ2n) is 7.55. The van der Waals surface area contributed by atoms with Gasteiger partial charge in [-0.2, -0.15) is 5.10 Å². The van der Waals surface area contributed by atoms with Gasteiger partial charge in [-0.3, -0.25) is 9.89 Å². The van der Waals surface area contributed by atoms with E-state index in [-0.39, 0.29) is 11.9 Å². The minimum atomic E-state index is -0.0447.